The Morgan fingerprint density at radius 3 is 2.29 bits per heavy atom. The summed E-state index contributed by atoms with van der Waals surface area (Å²) in [6, 6.07) is 17.3. The number of anilines is 1. The molecule has 0 atom stereocenters. The van der Waals surface area contributed by atoms with Gasteiger partial charge in [-0.1, -0.05) is 54.1 Å². The monoisotopic (exact) mass is 359 g/mol. The maximum Gasteiger partial charge on any atom is 0.163 e. The average molecular weight is 361 g/mol. The van der Waals surface area contributed by atoms with Crippen LogP contribution in [0.3, 0.4) is 0 Å². The highest BCUT2D eigenvalue weighted by Gasteiger charge is 2.14. The van der Waals surface area contributed by atoms with Crippen molar-refractivity contribution in [1.29, 1.82) is 0 Å². The topological polar surface area (TPSA) is 51.8 Å². The smallest absolute Gasteiger partial charge is 0.163 e. The van der Waals surface area contributed by atoms with Crippen molar-refractivity contribution in [2.24, 2.45) is 0 Å². The van der Waals surface area contributed by atoms with Gasteiger partial charge in [-0.25, -0.2) is 9.97 Å². The van der Waals surface area contributed by atoms with Gasteiger partial charge in [0.15, 0.2) is 5.82 Å². The van der Waals surface area contributed by atoms with Gasteiger partial charge in [0.05, 0.1) is 15.2 Å². The Hall–Kier alpha value is -1.91. The molecule has 0 aliphatic heterocycles. The van der Waals surface area contributed by atoms with Crippen molar-refractivity contribution in [3.8, 4) is 22.6 Å². The number of nitrogens with two attached hydrogens (primary N) is 1. The molecule has 0 spiro atoms. The Balaban J connectivity index is 2.22. The van der Waals surface area contributed by atoms with Crippen LogP contribution >= 0.6 is 27.5 Å². The van der Waals surface area contributed by atoms with Crippen LogP contribution in [0.1, 0.15) is 0 Å². The van der Waals surface area contributed by atoms with E-state index in [1.165, 1.54) is 0 Å². The van der Waals surface area contributed by atoms with Crippen LogP contribution in [-0.2, 0) is 0 Å². The molecule has 1 aromatic heterocycles. The zero-order valence-electron chi connectivity index (χ0n) is 10.9. The predicted octanol–water partition coefficient (Wildman–Crippen LogP) is 4.81. The third-order valence-corrected chi connectivity index (χ3v) is 4.15. The molecule has 0 unspecified atom stereocenters. The molecule has 0 fully saturated rings. The van der Waals surface area contributed by atoms with Crippen molar-refractivity contribution in [3.63, 3.8) is 0 Å². The van der Waals surface area contributed by atoms with Crippen molar-refractivity contribution in [1.82, 2.24) is 9.97 Å². The van der Waals surface area contributed by atoms with Crippen LogP contribution in [-0.4, -0.2) is 9.97 Å². The Labute approximate surface area is 135 Å². The van der Waals surface area contributed by atoms with E-state index < -0.39 is 0 Å². The lowest BCUT2D eigenvalue weighted by atomic mass is 10.1. The Morgan fingerprint density at radius 1 is 0.905 bits per heavy atom. The van der Waals surface area contributed by atoms with Gasteiger partial charge in [0, 0.05) is 11.1 Å². The van der Waals surface area contributed by atoms with Crippen LogP contribution in [0, 0.1) is 0 Å². The minimum absolute atomic E-state index is 0.388. The first kappa shape index (κ1) is 14.0. The second-order valence-electron chi connectivity index (χ2n) is 4.44. The standard InChI is InChI=1S/C16H11BrClN3/c17-13-14(10-6-2-1-3-7-10)20-16(21-15(13)19)11-8-4-5-9-12(11)18/h1-9H,(H2,19,20,21). The summed E-state index contributed by atoms with van der Waals surface area (Å²) < 4.78 is 0.685. The number of benzene rings is 2. The summed E-state index contributed by atoms with van der Waals surface area (Å²) in [6.45, 7) is 0. The summed E-state index contributed by atoms with van der Waals surface area (Å²) in [5.74, 6) is 0.902. The van der Waals surface area contributed by atoms with E-state index in [-0.39, 0.29) is 0 Å². The maximum atomic E-state index is 6.22. The highest BCUT2D eigenvalue weighted by molar-refractivity contribution is 9.10. The maximum absolute atomic E-state index is 6.22. The molecule has 1 heterocycles. The largest absolute Gasteiger partial charge is 0.383 e. The molecule has 0 amide bonds. The van der Waals surface area contributed by atoms with Gasteiger partial charge in [-0.3, -0.25) is 0 Å². The molecule has 0 radical (unpaired) electrons. The number of aromatic nitrogens is 2. The molecule has 3 nitrogen and oxygen atoms in total. The van der Waals surface area contributed by atoms with Crippen molar-refractivity contribution >= 4 is 33.3 Å². The minimum Gasteiger partial charge on any atom is -0.383 e. The van der Waals surface area contributed by atoms with Crippen LogP contribution in [0.5, 0.6) is 0 Å². The summed E-state index contributed by atoms with van der Waals surface area (Å²) in [7, 11) is 0. The van der Waals surface area contributed by atoms with Crippen LogP contribution in [0.2, 0.25) is 5.02 Å². The van der Waals surface area contributed by atoms with Crippen molar-refractivity contribution in [2.75, 3.05) is 5.73 Å². The lowest BCUT2D eigenvalue weighted by Gasteiger charge is -2.10. The second kappa shape index (κ2) is 5.84. The third-order valence-electron chi connectivity index (χ3n) is 3.04. The zero-order chi connectivity index (χ0) is 14.8. The van der Waals surface area contributed by atoms with Gasteiger partial charge >= 0.3 is 0 Å². The van der Waals surface area contributed by atoms with Gasteiger partial charge < -0.3 is 5.73 Å². The minimum atomic E-state index is 0.388. The molecule has 3 aromatic rings. The van der Waals surface area contributed by atoms with E-state index >= 15 is 0 Å². The zero-order valence-corrected chi connectivity index (χ0v) is 13.3. The fourth-order valence-corrected chi connectivity index (χ4v) is 2.64. The number of hydrogen-bond acceptors (Lipinski definition) is 3. The summed E-state index contributed by atoms with van der Waals surface area (Å²) in [6.07, 6.45) is 0. The Morgan fingerprint density at radius 2 is 1.57 bits per heavy atom. The van der Waals surface area contributed by atoms with Gasteiger partial charge in [0.2, 0.25) is 0 Å². The fraction of sp³-hybridized carbons (Fsp3) is 0. The number of hydrogen-bond donors (Lipinski definition) is 1. The predicted molar refractivity (Wildman–Crippen MR) is 90.0 cm³/mol. The summed E-state index contributed by atoms with van der Waals surface area (Å²) in [4.78, 5) is 8.94. The molecule has 2 N–H and O–H groups in total. The van der Waals surface area contributed by atoms with Crippen LogP contribution in [0.4, 0.5) is 5.82 Å². The van der Waals surface area contributed by atoms with Crippen LogP contribution < -0.4 is 5.73 Å². The molecule has 0 saturated carbocycles. The summed E-state index contributed by atoms with van der Waals surface area (Å²) in [5, 5.41) is 0.596. The van der Waals surface area contributed by atoms with E-state index in [0.717, 1.165) is 16.8 Å². The highest BCUT2D eigenvalue weighted by atomic mass is 79.9. The summed E-state index contributed by atoms with van der Waals surface area (Å²) >= 11 is 9.68. The first-order valence-corrected chi connectivity index (χ1v) is 7.47. The molecule has 0 aliphatic rings. The van der Waals surface area contributed by atoms with Gasteiger partial charge in [-0.15, -0.1) is 0 Å². The number of nitrogens with zero attached hydrogens (tertiary/aromatic N) is 2. The SMILES string of the molecule is Nc1nc(-c2ccccc2Cl)nc(-c2ccccc2)c1Br. The van der Waals surface area contributed by atoms with Crippen LogP contribution in [0.25, 0.3) is 22.6 Å². The van der Waals surface area contributed by atoms with E-state index in [1.54, 1.807) is 6.07 Å². The van der Waals surface area contributed by atoms with Crippen molar-refractivity contribution in [2.45, 2.75) is 0 Å². The summed E-state index contributed by atoms with van der Waals surface area (Å²) in [5.41, 5.74) is 8.48. The molecule has 0 saturated heterocycles. The van der Waals surface area contributed by atoms with Gasteiger partial charge in [-0.2, -0.15) is 0 Å². The second-order valence-corrected chi connectivity index (χ2v) is 5.64. The average Bonchev–Trinajstić information content (AvgIpc) is 2.51. The normalized spacial score (nSPS) is 10.6. The van der Waals surface area contributed by atoms with Gasteiger partial charge in [-0.05, 0) is 28.1 Å². The number of halogens is 2. The third kappa shape index (κ3) is 2.77. The fourth-order valence-electron chi connectivity index (χ4n) is 2.01. The van der Waals surface area contributed by atoms with E-state index in [2.05, 4.69) is 25.9 Å². The molecule has 0 bridgehead atoms. The van der Waals surface area contributed by atoms with Gasteiger partial charge in [0.1, 0.15) is 5.82 Å². The lowest BCUT2D eigenvalue weighted by Crippen LogP contribution is -2.00. The molecule has 21 heavy (non-hydrogen) atoms. The molecule has 5 heteroatoms. The lowest BCUT2D eigenvalue weighted by molar-refractivity contribution is 1.17. The molecule has 0 aliphatic carbocycles. The first-order valence-electron chi connectivity index (χ1n) is 6.30. The van der Waals surface area contributed by atoms with Crippen molar-refractivity contribution < 1.29 is 0 Å². The quantitative estimate of drug-likeness (QED) is 0.713. The Kier molecular flexibility index (Phi) is 3.90. The highest BCUT2D eigenvalue weighted by Crippen LogP contribution is 2.33. The number of rotatable bonds is 2. The van der Waals surface area contributed by atoms with E-state index in [0.29, 0.717) is 21.1 Å². The Bertz CT molecular complexity index is 791. The van der Waals surface area contributed by atoms with E-state index in [1.807, 2.05) is 48.5 Å². The molecule has 2 aromatic carbocycles. The molecular weight excluding hydrogens is 350 g/mol. The molecule has 3 rings (SSSR count). The van der Waals surface area contributed by atoms with Gasteiger partial charge in [0.25, 0.3) is 0 Å². The van der Waals surface area contributed by atoms with E-state index in [9.17, 15) is 0 Å². The number of nitrogen functional groups attached to an aromatic ring is 1. The van der Waals surface area contributed by atoms with Crippen molar-refractivity contribution in [3.05, 3.63) is 64.1 Å². The van der Waals surface area contributed by atoms with E-state index in [4.69, 9.17) is 17.3 Å². The van der Waals surface area contributed by atoms with Crippen LogP contribution in [0.15, 0.2) is 59.1 Å². The first-order chi connectivity index (χ1) is 10.2. The molecular formula is C16H11BrClN3. The molecule has 104 valence electrons.